The fourth-order valence-corrected chi connectivity index (χ4v) is 5.23. The zero-order chi connectivity index (χ0) is 20.9. The zero-order valence-corrected chi connectivity index (χ0v) is 17.5. The quantitative estimate of drug-likeness (QED) is 0.657. The van der Waals surface area contributed by atoms with E-state index in [-0.39, 0.29) is 24.3 Å². The molecule has 6 heteroatoms. The van der Waals surface area contributed by atoms with Crippen LogP contribution in [-0.4, -0.2) is 45.4 Å². The first-order chi connectivity index (χ1) is 15.2. The minimum Gasteiger partial charge on any atom is -0.339 e. The van der Waals surface area contributed by atoms with Crippen LogP contribution in [0.2, 0.25) is 0 Å². The van der Waals surface area contributed by atoms with Gasteiger partial charge in [-0.25, -0.2) is 4.98 Å². The molecule has 1 aromatic heterocycles. The number of imidazole rings is 1. The maximum absolute atomic E-state index is 13.5. The largest absolute Gasteiger partial charge is 0.339 e. The number of likely N-dealkylation sites (tertiary alicyclic amines) is 1. The summed E-state index contributed by atoms with van der Waals surface area (Å²) in [5.74, 6) is 1.22. The van der Waals surface area contributed by atoms with E-state index in [0.717, 1.165) is 54.8 Å². The number of nitrogens with zero attached hydrogens (tertiary/aromatic N) is 4. The van der Waals surface area contributed by atoms with Crippen molar-refractivity contribution in [2.75, 3.05) is 18.0 Å². The summed E-state index contributed by atoms with van der Waals surface area (Å²) >= 11 is 0. The lowest BCUT2D eigenvalue weighted by Crippen LogP contribution is -2.38. The van der Waals surface area contributed by atoms with E-state index in [1.807, 2.05) is 52.3 Å². The Hall–Kier alpha value is -3.15. The van der Waals surface area contributed by atoms with Crippen LogP contribution < -0.4 is 4.90 Å². The predicted octanol–water partition coefficient (Wildman–Crippen LogP) is 3.49. The first-order valence-electron chi connectivity index (χ1n) is 11.3. The Morgan fingerprint density at radius 2 is 1.87 bits per heavy atom. The van der Waals surface area contributed by atoms with Crippen LogP contribution in [0.25, 0.3) is 11.0 Å². The van der Waals surface area contributed by atoms with Crippen LogP contribution in [0.15, 0.2) is 48.5 Å². The van der Waals surface area contributed by atoms with Gasteiger partial charge in [0.1, 0.15) is 12.4 Å². The lowest BCUT2D eigenvalue weighted by Gasteiger charge is -2.30. The maximum Gasteiger partial charge on any atom is 0.246 e. The number of rotatable bonds is 4. The van der Waals surface area contributed by atoms with Crippen molar-refractivity contribution >= 4 is 28.5 Å². The summed E-state index contributed by atoms with van der Waals surface area (Å²) in [4.78, 5) is 34.9. The Morgan fingerprint density at radius 1 is 1.06 bits per heavy atom. The van der Waals surface area contributed by atoms with Crippen molar-refractivity contribution in [2.45, 2.75) is 50.6 Å². The fourth-order valence-electron chi connectivity index (χ4n) is 5.23. The lowest BCUT2D eigenvalue weighted by molar-refractivity contribution is -0.128. The number of anilines is 1. The molecule has 6 rings (SSSR count). The van der Waals surface area contributed by atoms with Crippen molar-refractivity contribution in [1.29, 1.82) is 0 Å². The standard InChI is InChI=1S/C25H26N4O2/c30-23-14-18(15-28(23)19-11-12-19)25-26-20-8-2-4-10-22(20)29(25)16-24(31)27-13-5-7-17-6-1-3-9-21(17)27/h1-4,6,8-10,18-19H,5,7,11-16H2. The smallest absolute Gasteiger partial charge is 0.246 e. The molecule has 1 saturated heterocycles. The molecule has 2 fully saturated rings. The molecular weight excluding hydrogens is 388 g/mol. The molecule has 0 radical (unpaired) electrons. The molecule has 2 amide bonds. The molecule has 3 heterocycles. The van der Waals surface area contributed by atoms with Gasteiger partial charge in [0.15, 0.2) is 0 Å². The van der Waals surface area contributed by atoms with Crippen molar-refractivity contribution in [1.82, 2.24) is 14.5 Å². The molecule has 1 saturated carbocycles. The normalized spacial score (nSPS) is 21.0. The first kappa shape index (κ1) is 18.6. The minimum atomic E-state index is 0.0435. The van der Waals surface area contributed by atoms with E-state index < -0.39 is 0 Å². The number of benzene rings is 2. The van der Waals surface area contributed by atoms with Crippen molar-refractivity contribution < 1.29 is 9.59 Å². The van der Waals surface area contributed by atoms with E-state index in [9.17, 15) is 9.59 Å². The average molecular weight is 415 g/mol. The average Bonchev–Trinajstić information content (AvgIpc) is 3.48. The van der Waals surface area contributed by atoms with Crippen LogP contribution in [-0.2, 0) is 22.6 Å². The van der Waals surface area contributed by atoms with Crippen molar-refractivity contribution in [3.05, 3.63) is 59.9 Å². The Labute approximate surface area is 181 Å². The molecule has 0 bridgehead atoms. The van der Waals surface area contributed by atoms with Gasteiger partial charge in [0, 0.05) is 37.2 Å². The molecular formula is C25H26N4O2. The highest BCUT2D eigenvalue weighted by Gasteiger charge is 2.41. The summed E-state index contributed by atoms with van der Waals surface area (Å²) in [6.45, 7) is 1.71. The molecule has 158 valence electrons. The van der Waals surface area contributed by atoms with Crippen molar-refractivity contribution in [3.8, 4) is 0 Å². The summed E-state index contributed by atoms with van der Waals surface area (Å²) < 4.78 is 2.06. The second-order valence-corrected chi connectivity index (χ2v) is 9.00. The molecule has 0 spiro atoms. The fraction of sp³-hybridized carbons (Fsp3) is 0.400. The third kappa shape index (κ3) is 3.21. The number of aromatic nitrogens is 2. The van der Waals surface area contributed by atoms with E-state index in [1.54, 1.807) is 0 Å². The van der Waals surface area contributed by atoms with Gasteiger partial charge < -0.3 is 14.4 Å². The third-order valence-corrected chi connectivity index (χ3v) is 6.90. The number of para-hydroxylation sites is 3. The molecule has 1 atom stereocenters. The van der Waals surface area contributed by atoms with Gasteiger partial charge in [0.25, 0.3) is 0 Å². The number of fused-ring (bicyclic) bond motifs is 2. The van der Waals surface area contributed by atoms with Crippen molar-refractivity contribution in [3.63, 3.8) is 0 Å². The van der Waals surface area contributed by atoms with Gasteiger partial charge in [-0.05, 0) is 49.4 Å². The van der Waals surface area contributed by atoms with Gasteiger partial charge in [-0.15, -0.1) is 0 Å². The molecule has 0 N–H and O–H groups in total. The van der Waals surface area contributed by atoms with Crippen LogP contribution in [0.5, 0.6) is 0 Å². The SMILES string of the molecule is O=C(Cn1c(C2CC(=O)N(C3CC3)C2)nc2ccccc21)N1CCCc2ccccc21. The van der Waals surface area contributed by atoms with Crippen LogP contribution >= 0.6 is 0 Å². The molecule has 1 unspecified atom stereocenters. The summed E-state index contributed by atoms with van der Waals surface area (Å²) in [5, 5.41) is 0. The van der Waals surface area contributed by atoms with E-state index in [1.165, 1.54) is 5.56 Å². The van der Waals surface area contributed by atoms with E-state index in [0.29, 0.717) is 19.0 Å². The highest BCUT2D eigenvalue weighted by atomic mass is 16.2. The maximum atomic E-state index is 13.5. The first-order valence-corrected chi connectivity index (χ1v) is 11.3. The van der Waals surface area contributed by atoms with Gasteiger partial charge in [-0.1, -0.05) is 30.3 Å². The Balaban J connectivity index is 1.34. The summed E-state index contributed by atoms with van der Waals surface area (Å²) in [6, 6.07) is 16.6. The van der Waals surface area contributed by atoms with Gasteiger partial charge in [0.05, 0.1) is 11.0 Å². The van der Waals surface area contributed by atoms with Crippen LogP contribution in [0.4, 0.5) is 5.69 Å². The second-order valence-electron chi connectivity index (χ2n) is 9.00. The monoisotopic (exact) mass is 414 g/mol. The number of carbonyl (C=O) groups excluding carboxylic acids is 2. The summed E-state index contributed by atoms with van der Waals surface area (Å²) in [6.07, 6.45) is 4.71. The number of hydrogen-bond donors (Lipinski definition) is 0. The second kappa shape index (κ2) is 7.22. The molecule has 2 aromatic carbocycles. The number of aryl methyl sites for hydroxylation is 1. The van der Waals surface area contributed by atoms with Gasteiger partial charge >= 0.3 is 0 Å². The summed E-state index contributed by atoms with van der Waals surface area (Å²) in [5.41, 5.74) is 4.12. The van der Waals surface area contributed by atoms with Crippen LogP contribution in [0.1, 0.15) is 43.0 Å². The summed E-state index contributed by atoms with van der Waals surface area (Å²) in [7, 11) is 0. The van der Waals surface area contributed by atoms with Gasteiger partial charge in [-0.2, -0.15) is 0 Å². The molecule has 1 aliphatic carbocycles. The van der Waals surface area contributed by atoms with E-state index in [4.69, 9.17) is 4.98 Å². The zero-order valence-electron chi connectivity index (χ0n) is 17.5. The van der Waals surface area contributed by atoms with E-state index in [2.05, 4.69) is 10.6 Å². The third-order valence-electron chi connectivity index (χ3n) is 6.90. The highest BCUT2D eigenvalue weighted by Crippen LogP contribution is 2.37. The number of hydrogen-bond acceptors (Lipinski definition) is 3. The van der Waals surface area contributed by atoms with E-state index >= 15 is 0 Å². The Morgan fingerprint density at radius 3 is 2.74 bits per heavy atom. The molecule has 6 nitrogen and oxygen atoms in total. The molecule has 3 aromatic rings. The molecule has 3 aliphatic rings. The lowest BCUT2D eigenvalue weighted by atomic mass is 10.0. The molecule has 2 aliphatic heterocycles. The predicted molar refractivity (Wildman–Crippen MR) is 119 cm³/mol. The van der Waals surface area contributed by atoms with Gasteiger partial charge in [-0.3, -0.25) is 9.59 Å². The number of carbonyl (C=O) groups is 2. The van der Waals surface area contributed by atoms with Crippen LogP contribution in [0, 0.1) is 0 Å². The highest BCUT2D eigenvalue weighted by molar-refractivity contribution is 5.95. The minimum absolute atomic E-state index is 0.0435. The van der Waals surface area contributed by atoms with Crippen molar-refractivity contribution in [2.24, 2.45) is 0 Å². The Kier molecular flexibility index (Phi) is 4.33. The van der Waals surface area contributed by atoms with Crippen LogP contribution in [0.3, 0.4) is 0 Å². The topological polar surface area (TPSA) is 58.4 Å². The van der Waals surface area contributed by atoms with Gasteiger partial charge in [0.2, 0.25) is 11.8 Å². The Bertz CT molecular complexity index is 1180. The number of amides is 2. The molecule has 31 heavy (non-hydrogen) atoms.